The number of methoxy groups -OCH3 is 1. The molecule has 0 aliphatic rings. The molecule has 1 aromatic rings. The SMILES string of the molecule is C=CCOc1c(C[NH2+][C@@H](C)CC)cccc1OC. The maximum absolute atomic E-state index is 5.71. The van der Waals surface area contributed by atoms with Crippen LogP contribution in [0.5, 0.6) is 11.5 Å². The molecule has 100 valence electrons. The van der Waals surface area contributed by atoms with Crippen molar-refractivity contribution >= 4 is 0 Å². The zero-order valence-electron chi connectivity index (χ0n) is 11.6. The van der Waals surface area contributed by atoms with Crippen LogP contribution in [0.25, 0.3) is 0 Å². The minimum Gasteiger partial charge on any atom is -0.493 e. The number of hydrogen-bond donors (Lipinski definition) is 1. The van der Waals surface area contributed by atoms with Gasteiger partial charge in [-0.2, -0.15) is 0 Å². The Morgan fingerprint density at radius 3 is 2.83 bits per heavy atom. The Morgan fingerprint density at radius 2 is 2.22 bits per heavy atom. The second-order valence-electron chi connectivity index (χ2n) is 4.37. The molecule has 0 bridgehead atoms. The lowest BCUT2D eigenvalue weighted by Gasteiger charge is -2.14. The Balaban J connectivity index is 2.83. The number of ether oxygens (including phenoxy) is 2. The van der Waals surface area contributed by atoms with Gasteiger partial charge in [0, 0.05) is 0 Å². The topological polar surface area (TPSA) is 35.1 Å². The van der Waals surface area contributed by atoms with Gasteiger partial charge in [0.05, 0.1) is 18.7 Å². The lowest BCUT2D eigenvalue weighted by atomic mass is 10.1. The van der Waals surface area contributed by atoms with Crippen LogP contribution in [0.2, 0.25) is 0 Å². The molecule has 1 rings (SSSR count). The van der Waals surface area contributed by atoms with Gasteiger partial charge >= 0.3 is 0 Å². The molecule has 2 N–H and O–H groups in total. The molecular formula is C15H24NO2+. The highest BCUT2D eigenvalue weighted by Gasteiger charge is 2.12. The molecule has 0 aromatic heterocycles. The highest BCUT2D eigenvalue weighted by molar-refractivity contribution is 5.46. The molecule has 0 spiro atoms. The van der Waals surface area contributed by atoms with E-state index in [0.29, 0.717) is 12.6 Å². The fraction of sp³-hybridized carbons (Fsp3) is 0.467. The molecule has 18 heavy (non-hydrogen) atoms. The number of hydrogen-bond acceptors (Lipinski definition) is 2. The third-order valence-electron chi connectivity index (χ3n) is 3.01. The van der Waals surface area contributed by atoms with Crippen LogP contribution in [0.4, 0.5) is 0 Å². The first kappa shape index (κ1) is 14.6. The van der Waals surface area contributed by atoms with E-state index >= 15 is 0 Å². The van der Waals surface area contributed by atoms with Crippen LogP contribution in [0.1, 0.15) is 25.8 Å². The van der Waals surface area contributed by atoms with Crippen molar-refractivity contribution in [2.45, 2.75) is 32.9 Å². The van der Waals surface area contributed by atoms with Crippen LogP contribution < -0.4 is 14.8 Å². The second-order valence-corrected chi connectivity index (χ2v) is 4.37. The normalized spacial score (nSPS) is 11.9. The van der Waals surface area contributed by atoms with Gasteiger partial charge < -0.3 is 14.8 Å². The van der Waals surface area contributed by atoms with Gasteiger partial charge in [-0.25, -0.2) is 0 Å². The Kier molecular flexibility index (Phi) is 6.29. The van der Waals surface area contributed by atoms with Gasteiger partial charge in [-0.15, -0.1) is 0 Å². The second kappa shape index (κ2) is 7.77. The Bertz CT molecular complexity index is 377. The van der Waals surface area contributed by atoms with Gasteiger partial charge in [-0.1, -0.05) is 25.6 Å². The summed E-state index contributed by atoms with van der Waals surface area (Å²) in [7, 11) is 1.66. The van der Waals surface area contributed by atoms with Crippen molar-refractivity contribution in [2.24, 2.45) is 0 Å². The van der Waals surface area contributed by atoms with Gasteiger partial charge in [-0.3, -0.25) is 0 Å². The van der Waals surface area contributed by atoms with Crippen LogP contribution in [0.15, 0.2) is 30.9 Å². The van der Waals surface area contributed by atoms with Crippen LogP contribution in [0, 0.1) is 0 Å². The van der Waals surface area contributed by atoms with Gasteiger partial charge in [0.25, 0.3) is 0 Å². The van der Waals surface area contributed by atoms with Crippen molar-refractivity contribution in [1.82, 2.24) is 0 Å². The lowest BCUT2D eigenvalue weighted by molar-refractivity contribution is -0.701. The van der Waals surface area contributed by atoms with Gasteiger partial charge in [0.15, 0.2) is 11.5 Å². The third-order valence-corrected chi connectivity index (χ3v) is 3.01. The summed E-state index contributed by atoms with van der Waals surface area (Å²) in [5, 5.41) is 2.32. The standard InChI is InChI=1S/C15H23NO2/c1-5-10-18-15-13(11-16-12(3)6-2)8-7-9-14(15)17-4/h5,7-9,12,16H,1,6,10-11H2,2-4H3/p+1/t12-/m0/s1. The predicted molar refractivity (Wildman–Crippen MR) is 74.1 cm³/mol. The fourth-order valence-corrected chi connectivity index (χ4v) is 1.68. The quantitative estimate of drug-likeness (QED) is 0.717. The van der Waals surface area contributed by atoms with Crippen LogP contribution in [0.3, 0.4) is 0 Å². The van der Waals surface area contributed by atoms with Gasteiger partial charge in [-0.05, 0) is 25.5 Å². The summed E-state index contributed by atoms with van der Waals surface area (Å²) in [4.78, 5) is 0. The van der Waals surface area contributed by atoms with Crippen molar-refractivity contribution in [3.63, 3.8) is 0 Å². The van der Waals surface area contributed by atoms with E-state index < -0.39 is 0 Å². The van der Waals surface area contributed by atoms with Crippen molar-refractivity contribution < 1.29 is 14.8 Å². The van der Waals surface area contributed by atoms with Crippen LogP contribution >= 0.6 is 0 Å². The van der Waals surface area contributed by atoms with E-state index in [2.05, 4.69) is 31.8 Å². The maximum Gasteiger partial charge on any atom is 0.170 e. The number of rotatable bonds is 8. The first-order chi connectivity index (χ1) is 8.72. The first-order valence-electron chi connectivity index (χ1n) is 6.45. The molecule has 0 unspecified atom stereocenters. The van der Waals surface area contributed by atoms with Crippen LogP contribution in [-0.2, 0) is 6.54 Å². The van der Waals surface area contributed by atoms with E-state index in [-0.39, 0.29) is 0 Å². The molecule has 0 radical (unpaired) electrons. The average Bonchev–Trinajstić information content (AvgIpc) is 2.42. The van der Waals surface area contributed by atoms with Crippen molar-refractivity contribution in [3.05, 3.63) is 36.4 Å². The molecule has 0 saturated carbocycles. The van der Waals surface area contributed by atoms with E-state index in [9.17, 15) is 0 Å². The molecule has 0 saturated heterocycles. The van der Waals surface area contributed by atoms with Crippen molar-refractivity contribution in [3.8, 4) is 11.5 Å². The molecule has 0 amide bonds. The van der Waals surface area contributed by atoms with E-state index in [1.54, 1.807) is 13.2 Å². The number of benzene rings is 1. The molecule has 3 nitrogen and oxygen atoms in total. The summed E-state index contributed by atoms with van der Waals surface area (Å²) in [5.41, 5.74) is 1.16. The van der Waals surface area contributed by atoms with E-state index in [1.807, 2.05) is 12.1 Å². The molecule has 1 atom stereocenters. The molecule has 1 aromatic carbocycles. The van der Waals surface area contributed by atoms with Crippen LogP contribution in [-0.4, -0.2) is 19.8 Å². The fourth-order valence-electron chi connectivity index (χ4n) is 1.68. The predicted octanol–water partition coefficient (Wildman–Crippen LogP) is 2.12. The number of nitrogens with two attached hydrogens (primary N) is 1. The van der Waals surface area contributed by atoms with Crippen molar-refractivity contribution in [2.75, 3.05) is 13.7 Å². The zero-order valence-corrected chi connectivity index (χ0v) is 11.6. The lowest BCUT2D eigenvalue weighted by Crippen LogP contribution is -2.87. The molecule has 0 fully saturated rings. The van der Waals surface area contributed by atoms with Gasteiger partial charge in [0.1, 0.15) is 13.2 Å². The summed E-state index contributed by atoms with van der Waals surface area (Å²) < 4.78 is 11.1. The average molecular weight is 250 g/mol. The third kappa shape index (κ3) is 4.08. The smallest absolute Gasteiger partial charge is 0.170 e. The van der Waals surface area contributed by atoms with Crippen molar-refractivity contribution in [1.29, 1.82) is 0 Å². The molecular weight excluding hydrogens is 226 g/mol. The van der Waals surface area contributed by atoms with E-state index in [1.165, 1.54) is 0 Å². The summed E-state index contributed by atoms with van der Waals surface area (Å²) in [6.07, 6.45) is 2.90. The van der Waals surface area contributed by atoms with E-state index in [0.717, 1.165) is 30.0 Å². The largest absolute Gasteiger partial charge is 0.493 e. The maximum atomic E-state index is 5.71. The highest BCUT2D eigenvalue weighted by atomic mass is 16.5. The summed E-state index contributed by atoms with van der Waals surface area (Å²) in [6.45, 7) is 9.50. The first-order valence-corrected chi connectivity index (χ1v) is 6.45. The molecule has 0 aliphatic carbocycles. The monoisotopic (exact) mass is 250 g/mol. The zero-order chi connectivity index (χ0) is 13.4. The van der Waals surface area contributed by atoms with Gasteiger partial charge in [0.2, 0.25) is 0 Å². The molecule has 3 heteroatoms. The Labute approximate surface area is 110 Å². The Hall–Kier alpha value is -1.48. The van der Waals surface area contributed by atoms with E-state index in [4.69, 9.17) is 9.47 Å². The minimum absolute atomic E-state index is 0.497. The summed E-state index contributed by atoms with van der Waals surface area (Å²) in [6, 6.07) is 6.62. The number of para-hydroxylation sites is 1. The molecule has 0 aliphatic heterocycles. The Morgan fingerprint density at radius 1 is 1.44 bits per heavy atom. The highest BCUT2D eigenvalue weighted by Crippen LogP contribution is 2.30. The minimum atomic E-state index is 0.497. The number of quaternary nitrogens is 1. The summed E-state index contributed by atoms with van der Waals surface area (Å²) >= 11 is 0. The molecule has 0 heterocycles. The summed E-state index contributed by atoms with van der Waals surface area (Å²) in [5.74, 6) is 1.62.